The highest BCUT2D eigenvalue weighted by molar-refractivity contribution is 14.2. The zero-order valence-corrected chi connectivity index (χ0v) is 9.56. The molecule has 0 saturated heterocycles. The van der Waals surface area contributed by atoms with Crippen LogP contribution < -0.4 is 0 Å². The summed E-state index contributed by atoms with van der Waals surface area (Å²) in [6, 6.07) is 1.85. The van der Waals surface area contributed by atoms with E-state index in [0.29, 0.717) is 10.3 Å². The van der Waals surface area contributed by atoms with Gasteiger partial charge in [-0.1, -0.05) is 43.9 Å². The molecule has 0 bridgehead atoms. The maximum absolute atomic E-state index is 5.89. The predicted molar refractivity (Wildman–Crippen MR) is 62.5 cm³/mol. The minimum Gasteiger partial charge on any atom is -0.224 e. The molecule has 0 radical (unpaired) electrons. The van der Waals surface area contributed by atoms with Crippen molar-refractivity contribution in [2.24, 2.45) is 0 Å². The zero-order chi connectivity index (χ0) is 8.55. The van der Waals surface area contributed by atoms with Gasteiger partial charge in [-0.25, -0.2) is 4.98 Å². The van der Waals surface area contributed by atoms with Gasteiger partial charge in [-0.3, -0.25) is 0 Å². The van der Waals surface area contributed by atoms with E-state index in [-0.39, 0.29) is 20.7 Å². The maximum atomic E-state index is 5.89. The summed E-state index contributed by atoms with van der Waals surface area (Å²) in [7, 11) is 0. The van der Waals surface area contributed by atoms with Crippen LogP contribution >= 0.6 is 43.9 Å². The molecule has 0 aromatic carbocycles. The lowest BCUT2D eigenvalue weighted by Crippen LogP contribution is -1.92. The molecule has 1 nitrogen and oxygen atoms in total. The van der Waals surface area contributed by atoms with Crippen molar-refractivity contribution in [1.82, 2.24) is 4.98 Å². The summed E-state index contributed by atoms with van der Waals surface area (Å²) in [6.07, 6.45) is 2.02. The number of fused-ring (bicyclic) bond motifs is 1. The van der Waals surface area contributed by atoms with E-state index in [1.165, 1.54) is 0 Å². The molecule has 0 saturated carbocycles. The van der Waals surface area contributed by atoms with E-state index in [1.807, 2.05) is 12.1 Å². The maximum Gasteiger partial charge on any atom is 0.138 e. The smallest absolute Gasteiger partial charge is 0.138 e. The van der Waals surface area contributed by atoms with E-state index >= 15 is 0 Å². The average molecular weight is 312 g/mol. The van der Waals surface area contributed by atoms with Gasteiger partial charge in [0.1, 0.15) is 10.3 Å². The van der Waals surface area contributed by atoms with Crippen molar-refractivity contribution in [1.29, 1.82) is 0 Å². The van der Waals surface area contributed by atoms with Crippen LogP contribution in [0.25, 0.3) is 6.08 Å². The largest absolute Gasteiger partial charge is 0.224 e. The second kappa shape index (κ2) is 3.44. The van der Waals surface area contributed by atoms with Crippen LogP contribution in [0, 0.1) is 0 Å². The van der Waals surface area contributed by atoms with Crippen LogP contribution in [0.15, 0.2) is 10.1 Å². The third-order valence-electron chi connectivity index (χ3n) is 1.50. The highest BCUT2D eigenvalue weighted by Gasteiger charge is 2.07. The van der Waals surface area contributed by atoms with Crippen LogP contribution in [-0.4, -0.2) is 9.00 Å². The molecule has 0 amide bonds. The fourth-order valence-corrected chi connectivity index (χ4v) is 3.16. The van der Waals surface area contributed by atoms with Gasteiger partial charge >= 0.3 is 0 Å². The first-order valence-electron chi connectivity index (χ1n) is 3.25. The van der Waals surface area contributed by atoms with Crippen LogP contribution in [0.2, 0.25) is 10.3 Å². The summed E-state index contributed by atoms with van der Waals surface area (Å²) in [5, 5.41) is 0.961. The van der Waals surface area contributed by atoms with E-state index in [0.717, 1.165) is 11.1 Å². The van der Waals surface area contributed by atoms with Gasteiger partial charge < -0.3 is 0 Å². The van der Waals surface area contributed by atoms with Gasteiger partial charge in [0, 0.05) is 5.56 Å². The molecule has 12 heavy (non-hydrogen) atoms. The Morgan fingerprint density at radius 1 is 1.33 bits per heavy atom. The molecule has 1 aliphatic rings. The molecule has 1 aromatic rings. The molecule has 2 heterocycles. The first-order valence-corrected chi connectivity index (χ1v) is 6.50. The minimum atomic E-state index is 0.0496. The van der Waals surface area contributed by atoms with E-state index in [9.17, 15) is 0 Å². The number of nitrogens with zero attached hydrogens (tertiary/aromatic N) is 1. The Balaban J connectivity index is 2.71. The van der Waals surface area contributed by atoms with Gasteiger partial charge in [0.15, 0.2) is 0 Å². The lowest BCUT2D eigenvalue weighted by atomic mass is 10.2. The zero-order valence-electron chi connectivity index (χ0n) is 5.89. The van der Waals surface area contributed by atoms with Crippen molar-refractivity contribution < 1.29 is 0 Å². The summed E-state index contributed by atoms with van der Waals surface area (Å²) in [5.74, 6) is 0. The van der Waals surface area contributed by atoms with Crippen LogP contribution in [0.3, 0.4) is 0 Å². The standard InChI is InChI=1S/C8H4Cl2IN/c9-7-3-5-4-11-2-1-6(5)8(10)12-7/h1-4H. The topological polar surface area (TPSA) is 12.9 Å². The van der Waals surface area contributed by atoms with Crippen molar-refractivity contribution in [3.05, 3.63) is 31.6 Å². The normalized spacial score (nSPS) is 13.8. The van der Waals surface area contributed by atoms with Gasteiger partial charge in [0.25, 0.3) is 0 Å². The third-order valence-corrected chi connectivity index (χ3v) is 3.78. The molecule has 0 atom stereocenters. The number of hydrogen-bond donors (Lipinski definition) is 0. The molecule has 2 rings (SSSR count). The Kier molecular flexibility index (Phi) is 2.48. The van der Waals surface area contributed by atoms with E-state index < -0.39 is 0 Å². The molecule has 0 N–H and O–H groups in total. The van der Waals surface area contributed by atoms with Crippen LogP contribution in [-0.2, 0) is 0 Å². The fraction of sp³-hybridized carbons (Fsp3) is 0. The second-order valence-electron chi connectivity index (χ2n) is 2.27. The molecule has 62 valence electrons. The third kappa shape index (κ3) is 1.56. The summed E-state index contributed by atoms with van der Waals surface area (Å²) in [4.78, 5) is 3.96. The Hall–Kier alpha value is 0.0700. The predicted octanol–water partition coefficient (Wildman–Crippen LogP) is 3.49. The van der Waals surface area contributed by atoms with Crippen molar-refractivity contribution in [3.8, 4) is 0 Å². The Bertz CT molecular complexity index is 385. The highest BCUT2D eigenvalue weighted by atomic mass is 127. The molecular formula is C8H4Cl2IN. The second-order valence-corrected chi connectivity index (χ2v) is 5.07. The molecule has 1 aliphatic heterocycles. The van der Waals surface area contributed by atoms with Gasteiger partial charge in [0.2, 0.25) is 0 Å². The van der Waals surface area contributed by atoms with Crippen molar-refractivity contribution >= 4 is 54.0 Å². The van der Waals surface area contributed by atoms with Crippen molar-refractivity contribution in [2.75, 3.05) is 0 Å². The minimum absolute atomic E-state index is 0.0496. The number of halogens is 3. The Labute approximate surface area is 90.2 Å². The van der Waals surface area contributed by atoms with Crippen LogP contribution in [0.1, 0.15) is 11.1 Å². The molecule has 0 spiro atoms. The number of pyridine rings is 1. The van der Waals surface area contributed by atoms with Crippen molar-refractivity contribution in [2.45, 2.75) is 0 Å². The van der Waals surface area contributed by atoms with Gasteiger partial charge in [-0.15, -0.1) is 0 Å². The Morgan fingerprint density at radius 2 is 2.17 bits per heavy atom. The molecule has 0 unspecified atom stereocenters. The van der Waals surface area contributed by atoms with Crippen LogP contribution in [0.4, 0.5) is 0 Å². The fourth-order valence-electron chi connectivity index (χ4n) is 0.970. The molecule has 0 fully saturated rings. The number of rotatable bonds is 0. The molecule has 4 heteroatoms. The molecular weight excluding hydrogens is 308 g/mol. The molecule has 1 aromatic heterocycles. The monoisotopic (exact) mass is 311 g/mol. The first-order chi connectivity index (χ1) is 5.77. The Morgan fingerprint density at radius 3 is 3.00 bits per heavy atom. The SMILES string of the molecule is Clc1cc2c(c(Cl)n1)C=CI=C2. The highest BCUT2D eigenvalue weighted by Crippen LogP contribution is 2.26. The number of aromatic nitrogens is 1. The van der Waals surface area contributed by atoms with E-state index in [2.05, 4.69) is 13.1 Å². The van der Waals surface area contributed by atoms with Crippen LogP contribution in [0.5, 0.6) is 0 Å². The van der Waals surface area contributed by atoms with E-state index in [1.54, 1.807) is 0 Å². The lowest BCUT2D eigenvalue weighted by Gasteiger charge is -2.05. The lowest BCUT2D eigenvalue weighted by molar-refractivity contribution is 1.31. The summed E-state index contributed by atoms with van der Waals surface area (Å²) in [6.45, 7) is 0. The number of hydrogen-bond acceptors (Lipinski definition) is 1. The van der Waals surface area contributed by atoms with Crippen molar-refractivity contribution in [3.63, 3.8) is 0 Å². The van der Waals surface area contributed by atoms with Gasteiger partial charge in [-0.2, -0.15) is 0 Å². The molecule has 0 aliphatic carbocycles. The van der Waals surface area contributed by atoms with Gasteiger partial charge in [-0.05, 0) is 25.8 Å². The van der Waals surface area contributed by atoms with Gasteiger partial charge in [0.05, 0.1) is 0 Å². The average Bonchev–Trinajstić information content (AvgIpc) is 2.04. The summed E-state index contributed by atoms with van der Waals surface area (Å²) in [5.41, 5.74) is 2.11. The quantitative estimate of drug-likeness (QED) is 0.528. The van der Waals surface area contributed by atoms with E-state index in [4.69, 9.17) is 23.2 Å². The summed E-state index contributed by atoms with van der Waals surface area (Å²) < 4.78 is 4.34. The first kappa shape index (κ1) is 8.66. The summed E-state index contributed by atoms with van der Waals surface area (Å²) >= 11 is 11.7.